The van der Waals surface area contributed by atoms with Crippen molar-refractivity contribution in [3.8, 4) is 0 Å². The summed E-state index contributed by atoms with van der Waals surface area (Å²) in [6.07, 6.45) is -5.16. The van der Waals surface area contributed by atoms with Crippen LogP contribution in [0.1, 0.15) is 25.3 Å². The summed E-state index contributed by atoms with van der Waals surface area (Å²) in [6, 6.07) is 4.32. The Labute approximate surface area is 155 Å². The van der Waals surface area contributed by atoms with Crippen LogP contribution in [-0.4, -0.2) is 34.3 Å². The normalized spacial score (nSPS) is 19.8. The number of carbonyl (C=O) groups is 1. The summed E-state index contributed by atoms with van der Waals surface area (Å²) in [5, 5.41) is 22.6. The standard InChI is InChI=1S/C16H14F3N3O6/c1-3-28-15(23)11-8(2)20-14(16(17,18)19)13(22(26)27)12(11)9-5-4-6-10(7-9)21(24)25/h4-7,11-12H,3H2,1-2H3. The maximum absolute atomic E-state index is 13.4. The second-order valence-electron chi connectivity index (χ2n) is 5.80. The lowest BCUT2D eigenvalue weighted by molar-refractivity contribution is -0.434. The molecule has 0 spiro atoms. The van der Waals surface area contributed by atoms with Gasteiger partial charge in [-0.3, -0.25) is 25.0 Å². The first-order valence-electron chi connectivity index (χ1n) is 7.91. The lowest BCUT2D eigenvalue weighted by Crippen LogP contribution is -2.38. The molecule has 0 bridgehead atoms. The van der Waals surface area contributed by atoms with Gasteiger partial charge in [0.15, 0.2) is 0 Å². The first kappa shape index (κ1) is 21.0. The van der Waals surface area contributed by atoms with Gasteiger partial charge >= 0.3 is 12.1 Å². The number of allylic oxidation sites excluding steroid dienone is 2. The van der Waals surface area contributed by atoms with E-state index in [4.69, 9.17) is 4.74 Å². The van der Waals surface area contributed by atoms with Crippen LogP contribution in [0.25, 0.3) is 0 Å². The molecule has 2 atom stereocenters. The number of hydrogen-bond acceptors (Lipinski definition) is 7. The van der Waals surface area contributed by atoms with Gasteiger partial charge in [-0.05, 0) is 19.4 Å². The Hall–Kier alpha value is -3.31. The third-order valence-corrected chi connectivity index (χ3v) is 4.05. The summed E-state index contributed by atoms with van der Waals surface area (Å²) in [7, 11) is 0. The largest absolute Gasteiger partial charge is 0.465 e. The molecule has 12 heteroatoms. The van der Waals surface area contributed by atoms with E-state index >= 15 is 0 Å². The highest BCUT2D eigenvalue weighted by atomic mass is 19.4. The topological polar surface area (TPSA) is 125 Å². The van der Waals surface area contributed by atoms with Gasteiger partial charge < -0.3 is 4.74 Å². The number of nitrogens with zero attached hydrogens (tertiary/aromatic N) is 3. The van der Waals surface area contributed by atoms with E-state index in [9.17, 15) is 38.2 Å². The molecule has 150 valence electrons. The van der Waals surface area contributed by atoms with E-state index in [2.05, 4.69) is 4.99 Å². The molecule has 28 heavy (non-hydrogen) atoms. The van der Waals surface area contributed by atoms with Crippen molar-refractivity contribution in [1.82, 2.24) is 0 Å². The molecule has 1 heterocycles. The third kappa shape index (κ3) is 4.00. The van der Waals surface area contributed by atoms with Gasteiger partial charge in [0.2, 0.25) is 5.70 Å². The molecule has 2 rings (SSSR count). The zero-order chi connectivity index (χ0) is 21.2. The van der Waals surface area contributed by atoms with Crippen molar-refractivity contribution in [2.24, 2.45) is 10.9 Å². The predicted molar refractivity (Wildman–Crippen MR) is 89.1 cm³/mol. The van der Waals surface area contributed by atoms with Crippen molar-refractivity contribution < 1.29 is 32.5 Å². The van der Waals surface area contributed by atoms with Crippen LogP contribution >= 0.6 is 0 Å². The van der Waals surface area contributed by atoms with Crippen LogP contribution in [0.2, 0.25) is 0 Å². The van der Waals surface area contributed by atoms with Gasteiger partial charge in [-0.2, -0.15) is 13.2 Å². The molecule has 0 amide bonds. The van der Waals surface area contributed by atoms with Crippen molar-refractivity contribution in [3.05, 3.63) is 61.5 Å². The quantitative estimate of drug-likeness (QED) is 0.423. The van der Waals surface area contributed by atoms with Gasteiger partial charge in [0.05, 0.1) is 22.4 Å². The third-order valence-electron chi connectivity index (χ3n) is 4.05. The molecule has 1 aliphatic rings. The minimum Gasteiger partial charge on any atom is -0.465 e. The Kier molecular flexibility index (Phi) is 5.81. The number of aliphatic imine (C=N–C) groups is 1. The molecule has 1 aliphatic heterocycles. The van der Waals surface area contributed by atoms with E-state index in [1.807, 2.05) is 0 Å². The average molecular weight is 401 g/mol. The number of ether oxygens (including phenoxy) is 1. The van der Waals surface area contributed by atoms with Gasteiger partial charge in [0.1, 0.15) is 5.92 Å². The fraction of sp³-hybridized carbons (Fsp3) is 0.375. The zero-order valence-electron chi connectivity index (χ0n) is 14.6. The second kappa shape index (κ2) is 7.74. The molecular weight excluding hydrogens is 387 g/mol. The monoisotopic (exact) mass is 401 g/mol. The molecule has 0 aliphatic carbocycles. The van der Waals surface area contributed by atoms with E-state index < -0.39 is 50.9 Å². The minimum atomic E-state index is -5.16. The summed E-state index contributed by atoms with van der Waals surface area (Å²) in [6.45, 7) is 2.46. The van der Waals surface area contributed by atoms with Crippen molar-refractivity contribution in [2.75, 3.05) is 6.61 Å². The lowest BCUT2D eigenvalue weighted by Gasteiger charge is -2.28. The van der Waals surface area contributed by atoms with Gasteiger partial charge in [-0.1, -0.05) is 12.1 Å². The fourth-order valence-corrected chi connectivity index (χ4v) is 2.98. The smallest absolute Gasteiger partial charge is 0.439 e. The fourth-order valence-electron chi connectivity index (χ4n) is 2.98. The van der Waals surface area contributed by atoms with Gasteiger partial charge in [0, 0.05) is 17.8 Å². The Morgan fingerprint density at radius 2 is 1.89 bits per heavy atom. The Morgan fingerprint density at radius 3 is 2.39 bits per heavy atom. The van der Waals surface area contributed by atoms with E-state index in [0.717, 1.165) is 19.1 Å². The van der Waals surface area contributed by atoms with Crippen LogP contribution in [0, 0.1) is 26.1 Å². The number of benzene rings is 1. The number of non-ortho nitro benzene ring substituents is 1. The van der Waals surface area contributed by atoms with Gasteiger partial charge in [0.25, 0.3) is 11.4 Å². The molecule has 0 N–H and O–H groups in total. The van der Waals surface area contributed by atoms with E-state index in [1.165, 1.54) is 19.1 Å². The summed E-state index contributed by atoms with van der Waals surface area (Å²) >= 11 is 0. The Balaban J connectivity index is 2.81. The number of alkyl halides is 3. The van der Waals surface area contributed by atoms with E-state index in [-0.39, 0.29) is 17.9 Å². The molecule has 0 aromatic heterocycles. The highest BCUT2D eigenvalue weighted by Gasteiger charge is 2.53. The summed E-state index contributed by atoms with van der Waals surface area (Å²) in [5.41, 5.74) is -4.15. The molecule has 9 nitrogen and oxygen atoms in total. The van der Waals surface area contributed by atoms with Crippen LogP contribution in [-0.2, 0) is 9.53 Å². The number of hydrogen-bond donors (Lipinski definition) is 0. The van der Waals surface area contributed by atoms with Crippen molar-refractivity contribution in [1.29, 1.82) is 0 Å². The van der Waals surface area contributed by atoms with E-state index in [0.29, 0.717) is 0 Å². The molecule has 0 radical (unpaired) electrons. The SMILES string of the molecule is CCOC(=O)C1C(C)=NC(C(F)(F)F)=C([N+](=O)[O-])C1c1cccc([N+](=O)[O-])c1. The van der Waals surface area contributed by atoms with Crippen LogP contribution in [0.4, 0.5) is 18.9 Å². The van der Waals surface area contributed by atoms with Crippen LogP contribution in [0.3, 0.4) is 0 Å². The number of nitro groups is 2. The Bertz CT molecular complexity index is 894. The molecule has 0 fully saturated rings. The average Bonchev–Trinajstić information content (AvgIpc) is 2.59. The zero-order valence-corrected chi connectivity index (χ0v) is 14.6. The highest BCUT2D eigenvalue weighted by Crippen LogP contribution is 2.44. The summed E-state index contributed by atoms with van der Waals surface area (Å²) < 4.78 is 45.1. The highest BCUT2D eigenvalue weighted by molar-refractivity contribution is 6.03. The number of nitro benzene ring substituents is 1. The van der Waals surface area contributed by atoms with Gasteiger partial charge in [-0.25, -0.2) is 4.99 Å². The first-order chi connectivity index (χ1) is 13.0. The maximum atomic E-state index is 13.4. The number of esters is 1. The predicted octanol–water partition coefficient (Wildman–Crippen LogP) is 3.38. The van der Waals surface area contributed by atoms with Crippen LogP contribution < -0.4 is 0 Å². The van der Waals surface area contributed by atoms with Crippen molar-refractivity contribution in [2.45, 2.75) is 25.9 Å². The van der Waals surface area contributed by atoms with Crippen molar-refractivity contribution in [3.63, 3.8) is 0 Å². The number of halogens is 3. The molecule has 2 unspecified atom stereocenters. The van der Waals surface area contributed by atoms with E-state index in [1.54, 1.807) is 0 Å². The van der Waals surface area contributed by atoms with Crippen molar-refractivity contribution >= 4 is 17.4 Å². The molecule has 0 saturated carbocycles. The Morgan fingerprint density at radius 1 is 1.25 bits per heavy atom. The molecule has 1 aromatic carbocycles. The van der Waals surface area contributed by atoms with Gasteiger partial charge in [-0.15, -0.1) is 0 Å². The second-order valence-corrected chi connectivity index (χ2v) is 5.80. The molecule has 0 saturated heterocycles. The minimum absolute atomic E-state index is 0.117. The van der Waals surface area contributed by atoms with Crippen LogP contribution in [0.5, 0.6) is 0 Å². The molecular formula is C16H14F3N3O6. The molecule has 1 aromatic rings. The summed E-state index contributed by atoms with van der Waals surface area (Å²) in [5.74, 6) is -4.31. The summed E-state index contributed by atoms with van der Waals surface area (Å²) in [4.78, 5) is 36.1. The van der Waals surface area contributed by atoms with Crippen LogP contribution in [0.15, 0.2) is 40.7 Å². The number of carbonyl (C=O) groups excluding carboxylic acids is 1. The number of rotatable bonds is 5. The first-order valence-corrected chi connectivity index (χ1v) is 7.91. The lowest BCUT2D eigenvalue weighted by atomic mass is 9.78. The maximum Gasteiger partial charge on any atom is 0.439 e.